The Morgan fingerprint density at radius 2 is 2.36 bits per heavy atom. The number of nitrogens with zero attached hydrogens (tertiary/aromatic N) is 2. The van der Waals surface area contributed by atoms with Gasteiger partial charge in [0.25, 0.3) is 0 Å². The molecule has 0 aliphatic heterocycles. The van der Waals surface area contributed by atoms with Gasteiger partial charge in [-0.2, -0.15) is 5.10 Å². The van der Waals surface area contributed by atoms with Gasteiger partial charge in [-0.3, -0.25) is 4.68 Å². The van der Waals surface area contributed by atoms with Crippen molar-refractivity contribution < 1.29 is 5.11 Å². The fourth-order valence-electron chi connectivity index (χ4n) is 0.965. The van der Waals surface area contributed by atoms with Crippen LogP contribution in [0.2, 0.25) is 0 Å². The molecular formula is C7H11IN2O. The second kappa shape index (κ2) is 3.53. The molecule has 1 N–H and O–H groups in total. The maximum absolute atomic E-state index is 8.92. The van der Waals surface area contributed by atoms with E-state index in [2.05, 4.69) is 27.7 Å². The molecule has 0 unspecified atom stereocenters. The molecule has 0 bridgehead atoms. The standard InChI is InChI=1S/C7H11IN2O/c1-5(2)10-6(4-11)3-7(8)9-10/h3,5,11H,4H2,1-2H3. The molecule has 0 amide bonds. The summed E-state index contributed by atoms with van der Waals surface area (Å²) in [5.41, 5.74) is 0.879. The predicted octanol–water partition coefficient (Wildman–Crippen LogP) is 1.56. The predicted molar refractivity (Wildman–Crippen MR) is 51.3 cm³/mol. The minimum atomic E-state index is 0.0637. The molecule has 0 fully saturated rings. The topological polar surface area (TPSA) is 38.0 Å². The Bertz CT molecular complexity index is 245. The summed E-state index contributed by atoms with van der Waals surface area (Å²) in [7, 11) is 0. The van der Waals surface area contributed by atoms with Gasteiger partial charge < -0.3 is 5.11 Å². The van der Waals surface area contributed by atoms with Crippen molar-refractivity contribution in [1.29, 1.82) is 0 Å². The van der Waals surface area contributed by atoms with Crippen LogP contribution in [0.25, 0.3) is 0 Å². The molecule has 11 heavy (non-hydrogen) atoms. The minimum Gasteiger partial charge on any atom is -0.390 e. The number of hydrogen-bond acceptors (Lipinski definition) is 2. The molecule has 0 aliphatic rings. The Balaban J connectivity index is 3.02. The molecule has 4 heteroatoms. The monoisotopic (exact) mass is 266 g/mol. The van der Waals surface area contributed by atoms with Crippen molar-refractivity contribution in [3.63, 3.8) is 0 Å². The van der Waals surface area contributed by atoms with E-state index in [1.807, 2.05) is 24.6 Å². The lowest BCUT2D eigenvalue weighted by Gasteiger charge is -2.07. The van der Waals surface area contributed by atoms with Crippen molar-refractivity contribution in [2.24, 2.45) is 0 Å². The summed E-state index contributed by atoms with van der Waals surface area (Å²) < 4.78 is 2.77. The van der Waals surface area contributed by atoms with Crippen molar-refractivity contribution in [1.82, 2.24) is 9.78 Å². The van der Waals surface area contributed by atoms with E-state index in [9.17, 15) is 0 Å². The number of rotatable bonds is 2. The van der Waals surface area contributed by atoms with Crippen LogP contribution >= 0.6 is 22.6 Å². The molecule has 0 radical (unpaired) electrons. The lowest BCUT2D eigenvalue weighted by molar-refractivity contribution is 0.264. The number of halogens is 1. The van der Waals surface area contributed by atoms with E-state index in [0.717, 1.165) is 9.39 Å². The largest absolute Gasteiger partial charge is 0.390 e. The third-order valence-electron chi connectivity index (χ3n) is 1.43. The Kier molecular flexibility index (Phi) is 2.89. The average Bonchev–Trinajstić information content (AvgIpc) is 2.30. The summed E-state index contributed by atoms with van der Waals surface area (Å²) in [6, 6.07) is 2.21. The molecular weight excluding hydrogens is 255 g/mol. The van der Waals surface area contributed by atoms with Crippen molar-refractivity contribution >= 4 is 22.6 Å². The molecule has 0 spiro atoms. The summed E-state index contributed by atoms with van der Waals surface area (Å²) in [5, 5.41) is 13.1. The first-order valence-electron chi connectivity index (χ1n) is 3.50. The van der Waals surface area contributed by atoms with Crippen LogP contribution in [-0.4, -0.2) is 14.9 Å². The van der Waals surface area contributed by atoms with E-state index in [1.165, 1.54) is 0 Å². The number of aliphatic hydroxyl groups excluding tert-OH is 1. The molecule has 1 aromatic heterocycles. The molecule has 0 atom stereocenters. The highest BCUT2D eigenvalue weighted by atomic mass is 127. The molecule has 3 nitrogen and oxygen atoms in total. The highest BCUT2D eigenvalue weighted by Gasteiger charge is 2.06. The van der Waals surface area contributed by atoms with Gasteiger partial charge in [-0.25, -0.2) is 0 Å². The Morgan fingerprint density at radius 3 is 2.73 bits per heavy atom. The Hall–Kier alpha value is -0.100. The third-order valence-corrected chi connectivity index (χ3v) is 1.96. The first kappa shape index (κ1) is 8.99. The molecule has 0 aromatic carbocycles. The maximum atomic E-state index is 8.92. The minimum absolute atomic E-state index is 0.0637. The van der Waals surface area contributed by atoms with Crippen LogP contribution < -0.4 is 0 Å². The zero-order valence-corrected chi connectivity index (χ0v) is 8.74. The molecule has 0 saturated carbocycles. The molecule has 0 aliphatic carbocycles. The lowest BCUT2D eigenvalue weighted by atomic mass is 10.3. The van der Waals surface area contributed by atoms with E-state index in [4.69, 9.17) is 5.11 Å². The summed E-state index contributed by atoms with van der Waals surface area (Å²) >= 11 is 2.14. The molecule has 1 rings (SSSR count). The van der Waals surface area contributed by atoms with E-state index >= 15 is 0 Å². The SMILES string of the molecule is CC(C)n1nc(I)cc1CO. The van der Waals surface area contributed by atoms with E-state index < -0.39 is 0 Å². The molecule has 1 heterocycles. The highest BCUT2D eigenvalue weighted by Crippen LogP contribution is 2.12. The van der Waals surface area contributed by atoms with Crippen LogP contribution in [0.5, 0.6) is 0 Å². The van der Waals surface area contributed by atoms with E-state index in [0.29, 0.717) is 6.04 Å². The van der Waals surface area contributed by atoms with Crippen LogP contribution in [-0.2, 0) is 6.61 Å². The van der Waals surface area contributed by atoms with Gasteiger partial charge in [0.1, 0.15) is 3.70 Å². The van der Waals surface area contributed by atoms with Gasteiger partial charge >= 0.3 is 0 Å². The van der Waals surface area contributed by atoms with Crippen LogP contribution in [0.15, 0.2) is 6.07 Å². The second-order valence-corrected chi connectivity index (χ2v) is 3.76. The molecule has 1 aromatic rings. The number of aromatic nitrogens is 2. The normalized spacial score (nSPS) is 11.0. The van der Waals surface area contributed by atoms with Crippen LogP contribution in [0.4, 0.5) is 0 Å². The summed E-state index contributed by atoms with van der Waals surface area (Å²) in [4.78, 5) is 0. The number of hydrogen-bond donors (Lipinski definition) is 1. The van der Waals surface area contributed by atoms with Crippen LogP contribution in [0, 0.1) is 3.70 Å². The fourth-order valence-corrected chi connectivity index (χ4v) is 1.56. The average molecular weight is 266 g/mol. The Morgan fingerprint density at radius 1 is 1.73 bits per heavy atom. The molecule has 0 saturated heterocycles. The van der Waals surface area contributed by atoms with Crippen molar-refractivity contribution in [3.05, 3.63) is 15.5 Å². The first-order valence-corrected chi connectivity index (χ1v) is 4.57. The fraction of sp³-hybridized carbons (Fsp3) is 0.571. The van der Waals surface area contributed by atoms with Crippen molar-refractivity contribution in [3.8, 4) is 0 Å². The van der Waals surface area contributed by atoms with Gasteiger partial charge in [0, 0.05) is 6.04 Å². The Labute approximate surface area is 79.6 Å². The van der Waals surface area contributed by atoms with Gasteiger partial charge in [-0.15, -0.1) is 0 Å². The van der Waals surface area contributed by atoms with Crippen molar-refractivity contribution in [2.45, 2.75) is 26.5 Å². The summed E-state index contributed by atoms with van der Waals surface area (Å²) in [6.45, 7) is 4.15. The number of aliphatic hydroxyl groups is 1. The van der Waals surface area contributed by atoms with Gasteiger partial charge in [0.15, 0.2) is 0 Å². The van der Waals surface area contributed by atoms with Gasteiger partial charge in [-0.1, -0.05) is 0 Å². The van der Waals surface area contributed by atoms with Gasteiger partial charge in [0.2, 0.25) is 0 Å². The van der Waals surface area contributed by atoms with E-state index in [1.54, 1.807) is 0 Å². The quantitative estimate of drug-likeness (QED) is 0.825. The van der Waals surface area contributed by atoms with Crippen LogP contribution in [0.3, 0.4) is 0 Å². The van der Waals surface area contributed by atoms with E-state index in [-0.39, 0.29) is 6.61 Å². The highest BCUT2D eigenvalue weighted by molar-refractivity contribution is 14.1. The summed E-state index contributed by atoms with van der Waals surface area (Å²) in [6.07, 6.45) is 0. The van der Waals surface area contributed by atoms with Gasteiger partial charge in [0.05, 0.1) is 12.3 Å². The second-order valence-electron chi connectivity index (χ2n) is 2.65. The lowest BCUT2D eigenvalue weighted by Crippen LogP contribution is -2.07. The first-order chi connectivity index (χ1) is 5.15. The zero-order valence-electron chi connectivity index (χ0n) is 6.58. The van der Waals surface area contributed by atoms with Gasteiger partial charge in [-0.05, 0) is 42.5 Å². The summed E-state index contributed by atoms with van der Waals surface area (Å²) in [5.74, 6) is 0. The smallest absolute Gasteiger partial charge is 0.123 e. The molecule has 62 valence electrons. The third kappa shape index (κ3) is 1.93. The van der Waals surface area contributed by atoms with Crippen molar-refractivity contribution in [2.75, 3.05) is 0 Å². The maximum Gasteiger partial charge on any atom is 0.123 e. The van der Waals surface area contributed by atoms with Crippen LogP contribution in [0.1, 0.15) is 25.6 Å². The zero-order chi connectivity index (χ0) is 8.43.